The predicted octanol–water partition coefficient (Wildman–Crippen LogP) is 1.56. The summed E-state index contributed by atoms with van der Waals surface area (Å²) in [5.74, 6) is 2.62. The number of rotatable bonds is 2. The fourth-order valence-corrected chi connectivity index (χ4v) is 2.46. The maximum Gasteiger partial charge on any atom is 0.242 e. The molecule has 1 amide bonds. The molecule has 4 heteroatoms. The van der Waals surface area contributed by atoms with E-state index in [4.69, 9.17) is 6.42 Å². The molecule has 17 heavy (non-hydrogen) atoms. The van der Waals surface area contributed by atoms with Crippen LogP contribution in [-0.4, -0.2) is 30.4 Å². The van der Waals surface area contributed by atoms with Crippen molar-refractivity contribution in [3.8, 4) is 12.3 Å². The zero-order valence-electron chi connectivity index (χ0n) is 9.32. The van der Waals surface area contributed by atoms with Crippen LogP contribution < -0.4 is 5.32 Å². The van der Waals surface area contributed by atoms with Crippen LogP contribution in [0.25, 0.3) is 0 Å². The van der Waals surface area contributed by atoms with E-state index in [1.54, 1.807) is 0 Å². The highest BCUT2D eigenvalue weighted by Crippen LogP contribution is 2.25. The molecular formula is C13H13BrN2O. The van der Waals surface area contributed by atoms with E-state index >= 15 is 0 Å². The Morgan fingerprint density at radius 3 is 3.12 bits per heavy atom. The molecule has 0 aromatic heterocycles. The number of nitrogens with zero attached hydrogens (tertiary/aromatic N) is 1. The quantitative estimate of drug-likeness (QED) is 0.839. The van der Waals surface area contributed by atoms with E-state index in [9.17, 15) is 4.79 Å². The van der Waals surface area contributed by atoms with Crippen molar-refractivity contribution in [2.45, 2.75) is 6.04 Å². The van der Waals surface area contributed by atoms with Gasteiger partial charge in [0.05, 0.1) is 6.54 Å². The normalized spacial score (nSPS) is 20.7. The molecule has 3 nitrogen and oxygen atoms in total. The summed E-state index contributed by atoms with van der Waals surface area (Å²) in [5.41, 5.74) is 0.965. The Kier molecular flexibility index (Phi) is 3.82. The second kappa shape index (κ2) is 5.35. The largest absolute Gasteiger partial charge is 0.353 e. The van der Waals surface area contributed by atoms with Crippen molar-refractivity contribution in [1.29, 1.82) is 0 Å². The van der Waals surface area contributed by atoms with E-state index in [0.29, 0.717) is 13.1 Å². The molecule has 0 unspecified atom stereocenters. The van der Waals surface area contributed by atoms with Crippen LogP contribution >= 0.6 is 15.9 Å². The highest BCUT2D eigenvalue weighted by Gasteiger charge is 2.30. The van der Waals surface area contributed by atoms with Crippen molar-refractivity contribution in [1.82, 2.24) is 10.2 Å². The standard InChI is InChI=1S/C13H13BrN2O/c1-2-7-16-8-6-15-13(17)12(16)10-4-3-5-11(14)9-10/h1,3-5,9,12H,6-8H2,(H,15,17)/t12-/m1/s1. The van der Waals surface area contributed by atoms with Crippen LogP contribution in [0.2, 0.25) is 0 Å². The minimum absolute atomic E-state index is 0.0181. The average molecular weight is 293 g/mol. The van der Waals surface area contributed by atoms with Gasteiger partial charge in [-0.05, 0) is 17.7 Å². The average Bonchev–Trinajstić information content (AvgIpc) is 2.29. The first kappa shape index (κ1) is 12.2. The van der Waals surface area contributed by atoms with Gasteiger partial charge in [-0.1, -0.05) is 34.0 Å². The number of hydrogen-bond acceptors (Lipinski definition) is 2. The van der Waals surface area contributed by atoms with Gasteiger partial charge in [0, 0.05) is 17.6 Å². The lowest BCUT2D eigenvalue weighted by atomic mass is 10.0. The lowest BCUT2D eigenvalue weighted by molar-refractivity contribution is -0.128. The molecule has 1 aliphatic rings. The van der Waals surface area contributed by atoms with Gasteiger partial charge in [-0.2, -0.15) is 0 Å². The topological polar surface area (TPSA) is 32.3 Å². The van der Waals surface area contributed by atoms with E-state index in [2.05, 4.69) is 27.2 Å². The first-order chi connectivity index (χ1) is 8.22. The van der Waals surface area contributed by atoms with Crippen molar-refractivity contribution in [3.05, 3.63) is 34.3 Å². The van der Waals surface area contributed by atoms with E-state index in [1.165, 1.54) is 0 Å². The van der Waals surface area contributed by atoms with Gasteiger partial charge >= 0.3 is 0 Å². The first-order valence-corrected chi connectivity index (χ1v) is 6.22. The molecule has 2 rings (SSSR count). The number of halogens is 1. The van der Waals surface area contributed by atoms with Crippen molar-refractivity contribution in [3.63, 3.8) is 0 Å². The van der Waals surface area contributed by atoms with Gasteiger partial charge in [0.15, 0.2) is 0 Å². The lowest BCUT2D eigenvalue weighted by Crippen LogP contribution is -2.49. The van der Waals surface area contributed by atoms with E-state index < -0.39 is 0 Å². The number of terminal acetylenes is 1. The van der Waals surface area contributed by atoms with Crippen LogP contribution in [0.4, 0.5) is 0 Å². The Bertz CT molecular complexity index is 467. The minimum Gasteiger partial charge on any atom is -0.353 e. The summed E-state index contributed by atoms with van der Waals surface area (Å²) >= 11 is 3.42. The van der Waals surface area contributed by atoms with Crippen molar-refractivity contribution in [2.75, 3.05) is 19.6 Å². The van der Waals surface area contributed by atoms with Crippen LogP contribution in [0.15, 0.2) is 28.7 Å². The number of carbonyl (C=O) groups is 1. The molecule has 0 aliphatic carbocycles. The fraction of sp³-hybridized carbons (Fsp3) is 0.308. The third kappa shape index (κ3) is 2.68. The van der Waals surface area contributed by atoms with E-state index in [-0.39, 0.29) is 11.9 Å². The summed E-state index contributed by atoms with van der Waals surface area (Å²) in [7, 11) is 0. The number of benzene rings is 1. The van der Waals surface area contributed by atoms with Crippen molar-refractivity contribution in [2.24, 2.45) is 0 Å². The summed E-state index contributed by atoms with van der Waals surface area (Å²) in [6.45, 7) is 1.93. The SMILES string of the molecule is C#CCN1CCNC(=O)[C@H]1c1cccc(Br)c1. The molecule has 1 aromatic rings. The molecule has 1 atom stereocenters. The summed E-state index contributed by atoms with van der Waals surface area (Å²) in [6.07, 6.45) is 5.34. The number of amides is 1. The predicted molar refractivity (Wildman–Crippen MR) is 70.3 cm³/mol. The van der Waals surface area contributed by atoms with Crippen LogP contribution in [0, 0.1) is 12.3 Å². The molecule has 1 saturated heterocycles. The van der Waals surface area contributed by atoms with Gasteiger partial charge < -0.3 is 5.32 Å². The molecule has 88 valence electrons. The van der Waals surface area contributed by atoms with Crippen LogP contribution in [0.1, 0.15) is 11.6 Å². The highest BCUT2D eigenvalue weighted by atomic mass is 79.9. The highest BCUT2D eigenvalue weighted by molar-refractivity contribution is 9.10. The molecule has 0 spiro atoms. The number of carbonyl (C=O) groups excluding carboxylic acids is 1. The molecule has 0 radical (unpaired) electrons. The number of piperazine rings is 1. The van der Waals surface area contributed by atoms with Crippen LogP contribution in [-0.2, 0) is 4.79 Å². The van der Waals surface area contributed by atoms with Gasteiger partial charge in [-0.3, -0.25) is 9.69 Å². The van der Waals surface area contributed by atoms with Gasteiger partial charge in [0.25, 0.3) is 0 Å². The lowest BCUT2D eigenvalue weighted by Gasteiger charge is -2.33. The molecule has 0 saturated carbocycles. The molecule has 1 aromatic carbocycles. The summed E-state index contributed by atoms with van der Waals surface area (Å²) in [5, 5.41) is 2.87. The Morgan fingerprint density at radius 2 is 2.41 bits per heavy atom. The zero-order chi connectivity index (χ0) is 12.3. The first-order valence-electron chi connectivity index (χ1n) is 5.43. The molecule has 0 bridgehead atoms. The van der Waals surface area contributed by atoms with Crippen molar-refractivity contribution < 1.29 is 4.79 Å². The van der Waals surface area contributed by atoms with Gasteiger partial charge in [0.2, 0.25) is 5.91 Å². The monoisotopic (exact) mass is 292 g/mol. The molecule has 1 fully saturated rings. The second-order valence-corrected chi connectivity index (χ2v) is 4.84. The fourth-order valence-electron chi connectivity index (χ4n) is 2.04. The van der Waals surface area contributed by atoms with Crippen LogP contribution in [0.5, 0.6) is 0 Å². The maximum atomic E-state index is 12.0. The minimum atomic E-state index is -0.280. The maximum absolute atomic E-state index is 12.0. The van der Waals surface area contributed by atoms with Crippen LogP contribution in [0.3, 0.4) is 0 Å². The Balaban J connectivity index is 2.31. The van der Waals surface area contributed by atoms with E-state index in [0.717, 1.165) is 16.6 Å². The van der Waals surface area contributed by atoms with E-state index in [1.807, 2.05) is 29.2 Å². The number of nitrogens with one attached hydrogen (secondary N) is 1. The zero-order valence-corrected chi connectivity index (χ0v) is 10.9. The number of hydrogen-bond donors (Lipinski definition) is 1. The summed E-state index contributed by atoms with van der Waals surface area (Å²) in [6, 6.07) is 7.49. The molecule has 1 heterocycles. The molecule has 1 aliphatic heterocycles. The van der Waals surface area contributed by atoms with Gasteiger partial charge in [0.1, 0.15) is 6.04 Å². The van der Waals surface area contributed by atoms with Crippen molar-refractivity contribution >= 4 is 21.8 Å². The van der Waals surface area contributed by atoms with Gasteiger partial charge in [-0.25, -0.2) is 0 Å². The third-order valence-corrected chi connectivity index (χ3v) is 3.26. The molecular weight excluding hydrogens is 280 g/mol. The summed E-state index contributed by atoms with van der Waals surface area (Å²) in [4.78, 5) is 14.0. The van der Waals surface area contributed by atoms with Gasteiger partial charge in [-0.15, -0.1) is 6.42 Å². The third-order valence-electron chi connectivity index (χ3n) is 2.77. The Hall–Kier alpha value is -1.31. The smallest absolute Gasteiger partial charge is 0.242 e. The Labute approximate surface area is 109 Å². The Morgan fingerprint density at radius 1 is 1.59 bits per heavy atom. The second-order valence-electron chi connectivity index (χ2n) is 3.92. The molecule has 1 N–H and O–H groups in total. The summed E-state index contributed by atoms with van der Waals surface area (Å²) < 4.78 is 0.967.